The summed E-state index contributed by atoms with van der Waals surface area (Å²) in [6, 6.07) is 11.8. The van der Waals surface area contributed by atoms with Crippen molar-refractivity contribution in [3.63, 3.8) is 0 Å². The number of hydrogen-bond acceptors (Lipinski definition) is 6. The lowest BCUT2D eigenvalue weighted by Gasteiger charge is -2.28. The van der Waals surface area contributed by atoms with E-state index in [1.54, 1.807) is 14.2 Å². The lowest BCUT2D eigenvalue weighted by Crippen LogP contribution is -2.53. The average Bonchev–Trinajstić information content (AvgIpc) is 3.28. The van der Waals surface area contributed by atoms with E-state index in [9.17, 15) is 19.8 Å². The zero-order valence-corrected chi connectivity index (χ0v) is 18.3. The van der Waals surface area contributed by atoms with Gasteiger partial charge in [0.1, 0.15) is 23.1 Å². The lowest BCUT2D eigenvalue weighted by atomic mass is 9.94. The van der Waals surface area contributed by atoms with Crippen LogP contribution in [0.2, 0.25) is 0 Å². The first-order valence-corrected chi connectivity index (χ1v) is 10.5. The number of amides is 1. The van der Waals surface area contributed by atoms with Crippen LogP contribution in [0.25, 0.3) is 11.1 Å². The van der Waals surface area contributed by atoms with Crippen molar-refractivity contribution in [1.29, 1.82) is 0 Å². The van der Waals surface area contributed by atoms with Crippen molar-refractivity contribution < 1.29 is 34.0 Å². The molecule has 1 saturated heterocycles. The van der Waals surface area contributed by atoms with E-state index in [-0.39, 0.29) is 19.4 Å². The van der Waals surface area contributed by atoms with Gasteiger partial charge in [0.15, 0.2) is 0 Å². The molecule has 0 aliphatic carbocycles. The van der Waals surface area contributed by atoms with Gasteiger partial charge in [0.2, 0.25) is 0 Å². The molecular formula is C24H29NO7. The van der Waals surface area contributed by atoms with Gasteiger partial charge in [-0.05, 0) is 36.1 Å². The molecule has 1 aliphatic rings. The fraction of sp³-hybridized carbons (Fsp3) is 0.417. The molecule has 8 nitrogen and oxygen atoms in total. The normalized spacial score (nSPS) is 18.7. The highest BCUT2D eigenvalue weighted by Crippen LogP contribution is 2.38. The predicted octanol–water partition coefficient (Wildman–Crippen LogP) is 2.41. The Morgan fingerprint density at radius 2 is 1.78 bits per heavy atom. The second-order valence-corrected chi connectivity index (χ2v) is 7.72. The number of hydrogen-bond donors (Lipinski definition) is 3. The highest BCUT2D eigenvalue weighted by Gasteiger charge is 2.43. The van der Waals surface area contributed by atoms with Crippen molar-refractivity contribution >= 4 is 11.9 Å². The average molecular weight is 443 g/mol. The summed E-state index contributed by atoms with van der Waals surface area (Å²) < 4.78 is 16.5. The molecule has 1 unspecified atom stereocenters. The first kappa shape index (κ1) is 23.6. The summed E-state index contributed by atoms with van der Waals surface area (Å²) in [6.45, 7) is 0.206. The van der Waals surface area contributed by atoms with E-state index in [0.29, 0.717) is 30.9 Å². The van der Waals surface area contributed by atoms with Crippen molar-refractivity contribution in [2.75, 3.05) is 27.4 Å². The second kappa shape index (κ2) is 10.5. The monoisotopic (exact) mass is 443 g/mol. The summed E-state index contributed by atoms with van der Waals surface area (Å²) >= 11 is 0. The maximum Gasteiger partial charge on any atom is 0.326 e. The summed E-state index contributed by atoms with van der Waals surface area (Å²) in [4.78, 5) is 24.6. The van der Waals surface area contributed by atoms with Crippen molar-refractivity contribution in [1.82, 2.24) is 5.32 Å². The molecule has 1 fully saturated rings. The molecule has 3 rings (SSSR count). The van der Waals surface area contributed by atoms with Crippen LogP contribution in [-0.4, -0.2) is 61.2 Å². The van der Waals surface area contributed by atoms with Crippen LogP contribution in [0.5, 0.6) is 11.5 Å². The fourth-order valence-electron chi connectivity index (χ4n) is 4.04. The van der Waals surface area contributed by atoms with Gasteiger partial charge in [0.25, 0.3) is 5.91 Å². The molecule has 1 aliphatic heterocycles. The number of aliphatic hydroxyl groups is 1. The zero-order valence-electron chi connectivity index (χ0n) is 18.3. The van der Waals surface area contributed by atoms with Crippen LogP contribution >= 0.6 is 0 Å². The molecule has 0 aromatic heterocycles. The SMILES string of the molecule is COc1cccc(OC)c1-c1ccc(C[C@H](NC(=O)C2(CCO)CCCO2)C(=O)O)cc1. The largest absolute Gasteiger partial charge is 0.496 e. The number of rotatable bonds is 10. The Labute approximate surface area is 187 Å². The number of carboxylic acids is 1. The van der Waals surface area contributed by atoms with E-state index in [4.69, 9.17) is 14.2 Å². The minimum Gasteiger partial charge on any atom is -0.496 e. The standard InChI is InChI=1S/C24H29NO7/c1-30-19-5-3-6-20(31-2)21(19)17-9-7-16(8-10-17)15-18(22(27)28)25-23(29)24(12-13-26)11-4-14-32-24/h3,5-10,18,26H,4,11-15H2,1-2H3,(H,25,29)(H,27,28)/t18-,24?/m0/s1. The van der Waals surface area contributed by atoms with E-state index in [0.717, 1.165) is 16.7 Å². The molecule has 2 aromatic carbocycles. The van der Waals surface area contributed by atoms with Crippen molar-refractivity contribution in [2.24, 2.45) is 0 Å². The fourth-order valence-corrected chi connectivity index (χ4v) is 4.04. The molecule has 0 radical (unpaired) electrons. The van der Waals surface area contributed by atoms with Gasteiger partial charge in [0, 0.05) is 26.1 Å². The number of methoxy groups -OCH3 is 2. The van der Waals surface area contributed by atoms with Gasteiger partial charge >= 0.3 is 5.97 Å². The molecule has 172 valence electrons. The number of aliphatic carboxylic acids is 1. The highest BCUT2D eigenvalue weighted by atomic mass is 16.5. The molecule has 32 heavy (non-hydrogen) atoms. The molecule has 1 heterocycles. The third-order valence-corrected chi connectivity index (χ3v) is 5.75. The lowest BCUT2D eigenvalue weighted by molar-refractivity contribution is -0.149. The van der Waals surface area contributed by atoms with Gasteiger partial charge in [-0.3, -0.25) is 4.79 Å². The number of ether oxygens (including phenoxy) is 3. The van der Waals surface area contributed by atoms with Crippen LogP contribution in [0, 0.1) is 0 Å². The summed E-state index contributed by atoms with van der Waals surface area (Å²) in [5, 5.41) is 21.6. The van der Waals surface area contributed by atoms with Crippen LogP contribution in [0.15, 0.2) is 42.5 Å². The molecule has 1 amide bonds. The van der Waals surface area contributed by atoms with Crippen molar-refractivity contribution in [3.05, 3.63) is 48.0 Å². The number of carboxylic acid groups (broad SMARTS) is 1. The zero-order chi connectivity index (χ0) is 23.1. The Hall–Kier alpha value is -3.10. The number of carbonyl (C=O) groups is 2. The third-order valence-electron chi connectivity index (χ3n) is 5.75. The summed E-state index contributed by atoms with van der Waals surface area (Å²) in [5.41, 5.74) is 1.25. The molecule has 2 atom stereocenters. The van der Waals surface area contributed by atoms with E-state index in [1.807, 2.05) is 42.5 Å². The van der Waals surface area contributed by atoms with Gasteiger partial charge in [-0.15, -0.1) is 0 Å². The van der Waals surface area contributed by atoms with Crippen LogP contribution in [0.3, 0.4) is 0 Å². The Morgan fingerprint density at radius 1 is 1.12 bits per heavy atom. The Bertz CT molecular complexity index is 914. The minimum atomic E-state index is -1.16. The smallest absolute Gasteiger partial charge is 0.326 e. The number of aliphatic hydroxyl groups excluding tert-OH is 1. The van der Waals surface area contributed by atoms with Gasteiger partial charge in [-0.1, -0.05) is 30.3 Å². The van der Waals surface area contributed by atoms with E-state index in [2.05, 4.69) is 5.32 Å². The first-order valence-electron chi connectivity index (χ1n) is 10.5. The van der Waals surface area contributed by atoms with Crippen LogP contribution < -0.4 is 14.8 Å². The maximum atomic E-state index is 12.8. The Kier molecular flexibility index (Phi) is 7.71. The van der Waals surface area contributed by atoms with Gasteiger partial charge in [0.05, 0.1) is 19.8 Å². The molecule has 3 N–H and O–H groups in total. The summed E-state index contributed by atoms with van der Waals surface area (Å²) in [6.07, 6.45) is 1.40. The van der Waals surface area contributed by atoms with E-state index >= 15 is 0 Å². The van der Waals surface area contributed by atoms with Crippen molar-refractivity contribution in [3.8, 4) is 22.6 Å². The Morgan fingerprint density at radius 3 is 2.28 bits per heavy atom. The molecule has 0 spiro atoms. The van der Waals surface area contributed by atoms with Gasteiger partial charge < -0.3 is 29.7 Å². The van der Waals surface area contributed by atoms with Gasteiger partial charge in [-0.2, -0.15) is 0 Å². The maximum absolute atomic E-state index is 12.8. The molecular weight excluding hydrogens is 414 g/mol. The first-order chi connectivity index (χ1) is 15.4. The number of benzene rings is 2. The van der Waals surface area contributed by atoms with E-state index < -0.39 is 23.5 Å². The molecule has 2 aromatic rings. The molecule has 0 bridgehead atoms. The second-order valence-electron chi connectivity index (χ2n) is 7.72. The highest BCUT2D eigenvalue weighted by molar-refractivity contribution is 5.89. The van der Waals surface area contributed by atoms with Gasteiger partial charge in [-0.25, -0.2) is 4.79 Å². The van der Waals surface area contributed by atoms with Crippen molar-refractivity contribution in [2.45, 2.75) is 37.3 Å². The number of carbonyl (C=O) groups excluding carboxylic acids is 1. The third kappa shape index (κ3) is 5.03. The topological polar surface area (TPSA) is 114 Å². The molecule has 8 heteroatoms. The predicted molar refractivity (Wildman–Crippen MR) is 118 cm³/mol. The minimum absolute atomic E-state index is 0.111. The quantitative estimate of drug-likeness (QED) is 0.517. The van der Waals surface area contributed by atoms with Crippen LogP contribution in [-0.2, 0) is 20.7 Å². The number of nitrogens with one attached hydrogen (secondary N) is 1. The summed E-state index contributed by atoms with van der Waals surface area (Å²) in [5.74, 6) is -0.296. The molecule has 0 saturated carbocycles. The summed E-state index contributed by atoms with van der Waals surface area (Å²) in [7, 11) is 3.18. The Balaban J connectivity index is 1.77. The van der Waals surface area contributed by atoms with E-state index in [1.165, 1.54) is 0 Å². The van der Waals surface area contributed by atoms with Crippen LogP contribution in [0.1, 0.15) is 24.8 Å². The van der Waals surface area contributed by atoms with Crippen LogP contribution in [0.4, 0.5) is 0 Å².